The number of unbranched alkanes of at least 4 members (excludes halogenated alkanes) is 21. The van der Waals surface area contributed by atoms with Crippen LogP contribution < -0.4 is 4.57 Å². The lowest BCUT2D eigenvalue weighted by molar-refractivity contribution is -0.704. The van der Waals surface area contributed by atoms with Crippen molar-refractivity contribution in [3.05, 3.63) is 18.2 Å². The molecular weight excluding hydrogens is 400 g/mol. The highest BCUT2D eigenvalue weighted by molar-refractivity contribution is 4.82. The van der Waals surface area contributed by atoms with Crippen LogP contribution in [0.3, 0.4) is 0 Å². The molecule has 1 aromatic rings. The molecule has 1 aromatic heterocycles. The number of hydrogen-bond acceptors (Lipinski definition) is 0. The Morgan fingerprint density at radius 1 is 0.515 bits per heavy atom. The summed E-state index contributed by atoms with van der Waals surface area (Å²) in [5, 5.41) is 0. The molecule has 0 saturated carbocycles. The second-order valence-electron chi connectivity index (χ2n) is 10.7. The van der Waals surface area contributed by atoms with E-state index in [1.54, 1.807) is 0 Å². The van der Waals surface area contributed by atoms with E-state index in [1.807, 2.05) is 0 Å². The van der Waals surface area contributed by atoms with Crippen LogP contribution in [0.2, 0.25) is 0 Å². The first kappa shape index (κ1) is 30.2. The number of imidazole rings is 1. The van der Waals surface area contributed by atoms with Crippen molar-refractivity contribution in [3.63, 3.8) is 0 Å². The summed E-state index contributed by atoms with van der Waals surface area (Å²) in [7, 11) is 2.22. The zero-order valence-electron chi connectivity index (χ0n) is 23.2. The largest absolute Gasteiger partial charge is 0.256 e. The topological polar surface area (TPSA) is 8.81 Å². The van der Waals surface area contributed by atoms with Crippen molar-refractivity contribution in [2.45, 2.75) is 174 Å². The van der Waals surface area contributed by atoms with E-state index >= 15 is 0 Å². The molecule has 0 unspecified atom stereocenters. The molecule has 0 saturated heterocycles. The second-order valence-corrected chi connectivity index (χ2v) is 10.7. The monoisotopic (exact) mass is 461 g/mol. The molecule has 0 N–H and O–H groups in total. The Morgan fingerprint density at radius 2 is 0.879 bits per heavy atom. The Morgan fingerprint density at radius 3 is 1.30 bits per heavy atom. The maximum absolute atomic E-state index is 2.52. The van der Waals surface area contributed by atoms with Crippen LogP contribution in [0.5, 0.6) is 0 Å². The number of aromatic nitrogens is 2. The molecule has 0 atom stereocenters. The lowest BCUT2D eigenvalue weighted by atomic mass is 10.0. The van der Waals surface area contributed by atoms with Gasteiger partial charge in [-0.2, -0.15) is 0 Å². The first-order valence-electron chi connectivity index (χ1n) is 15.3. The summed E-state index contributed by atoms with van der Waals surface area (Å²) < 4.78 is 4.87. The fourth-order valence-corrected chi connectivity index (χ4v) is 5.15. The third-order valence-corrected chi connectivity index (χ3v) is 7.47. The molecular formula is C31H61N2+. The van der Waals surface area contributed by atoms with Gasteiger partial charge >= 0.3 is 0 Å². The molecule has 0 bridgehead atoms. The number of rotatable bonds is 25. The van der Waals surface area contributed by atoms with Gasteiger partial charge in [0, 0.05) is 6.42 Å². The average molecular weight is 462 g/mol. The van der Waals surface area contributed by atoms with E-state index in [4.69, 9.17) is 0 Å². The van der Waals surface area contributed by atoms with Gasteiger partial charge in [0.1, 0.15) is 12.4 Å². The van der Waals surface area contributed by atoms with Crippen molar-refractivity contribution in [3.8, 4) is 0 Å². The van der Waals surface area contributed by atoms with Gasteiger partial charge in [-0.15, -0.1) is 0 Å². The molecule has 2 nitrogen and oxygen atoms in total. The lowest BCUT2D eigenvalue weighted by Gasteiger charge is -2.05. The van der Waals surface area contributed by atoms with Gasteiger partial charge in [0.15, 0.2) is 0 Å². The van der Waals surface area contributed by atoms with Crippen molar-refractivity contribution in [1.29, 1.82) is 0 Å². The van der Waals surface area contributed by atoms with Gasteiger partial charge < -0.3 is 0 Å². The predicted molar refractivity (Wildman–Crippen MR) is 147 cm³/mol. The second kappa shape index (κ2) is 23.0. The zero-order valence-corrected chi connectivity index (χ0v) is 23.2. The average Bonchev–Trinajstić information content (AvgIpc) is 3.17. The minimum atomic E-state index is 1.21. The fraction of sp³-hybridized carbons (Fsp3) is 0.903. The number of nitrogens with zero attached hydrogens (tertiary/aromatic N) is 2. The summed E-state index contributed by atoms with van der Waals surface area (Å²) in [6.45, 7) is 5.81. The van der Waals surface area contributed by atoms with Gasteiger partial charge in [0.2, 0.25) is 0 Å². The predicted octanol–water partition coefficient (Wildman–Crippen LogP) is 9.87. The quantitative estimate of drug-likeness (QED) is 0.101. The van der Waals surface area contributed by atoms with E-state index in [0.717, 1.165) is 0 Å². The normalized spacial score (nSPS) is 11.5. The molecule has 0 fully saturated rings. The molecule has 194 valence electrons. The van der Waals surface area contributed by atoms with Gasteiger partial charge in [-0.05, 0) is 19.3 Å². The number of hydrogen-bond donors (Lipinski definition) is 0. The number of aryl methyl sites for hydroxylation is 2. The molecule has 0 aliphatic carbocycles. The van der Waals surface area contributed by atoms with E-state index < -0.39 is 0 Å². The molecule has 0 amide bonds. The highest BCUT2D eigenvalue weighted by atomic mass is 15.1. The zero-order chi connectivity index (χ0) is 23.8. The molecule has 0 spiro atoms. The summed E-state index contributed by atoms with van der Waals surface area (Å²) in [4.78, 5) is 0. The minimum Gasteiger partial charge on any atom is -0.237 e. The Balaban J connectivity index is 1.90. The van der Waals surface area contributed by atoms with E-state index in [-0.39, 0.29) is 0 Å². The van der Waals surface area contributed by atoms with Crippen LogP contribution in [0.25, 0.3) is 0 Å². The van der Waals surface area contributed by atoms with E-state index in [2.05, 4.69) is 42.4 Å². The van der Waals surface area contributed by atoms with Crippen LogP contribution in [-0.4, -0.2) is 4.57 Å². The molecule has 1 rings (SSSR count). The molecule has 1 heterocycles. The van der Waals surface area contributed by atoms with Crippen LogP contribution in [-0.2, 0) is 20.0 Å². The smallest absolute Gasteiger partial charge is 0.237 e. The van der Waals surface area contributed by atoms with Crippen molar-refractivity contribution in [1.82, 2.24) is 4.57 Å². The third-order valence-electron chi connectivity index (χ3n) is 7.47. The molecule has 0 aliphatic rings. The van der Waals surface area contributed by atoms with Crippen LogP contribution in [0, 0.1) is 0 Å². The van der Waals surface area contributed by atoms with Gasteiger partial charge in [-0.3, -0.25) is 0 Å². The van der Waals surface area contributed by atoms with Crippen LogP contribution in [0.4, 0.5) is 0 Å². The van der Waals surface area contributed by atoms with Crippen LogP contribution in [0.1, 0.15) is 167 Å². The van der Waals surface area contributed by atoms with Crippen LogP contribution >= 0.6 is 0 Å². The molecule has 33 heavy (non-hydrogen) atoms. The summed E-state index contributed by atoms with van der Waals surface area (Å²) in [5.74, 6) is 1.53. The fourth-order valence-electron chi connectivity index (χ4n) is 5.15. The molecule has 2 heteroatoms. The van der Waals surface area contributed by atoms with Gasteiger partial charge in [-0.25, -0.2) is 9.13 Å². The van der Waals surface area contributed by atoms with Gasteiger partial charge in [0.25, 0.3) is 5.82 Å². The van der Waals surface area contributed by atoms with Gasteiger partial charge in [0.05, 0.1) is 13.6 Å². The maximum Gasteiger partial charge on any atom is 0.256 e. The third kappa shape index (κ3) is 17.3. The molecule has 0 aliphatic heterocycles. The summed E-state index contributed by atoms with van der Waals surface area (Å²) in [6.07, 6.45) is 38.7. The van der Waals surface area contributed by atoms with Crippen molar-refractivity contribution in [2.75, 3.05) is 0 Å². The first-order valence-corrected chi connectivity index (χ1v) is 15.3. The van der Waals surface area contributed by atoms with Crippen molar-refractivity contribution in [2.24, 2.45) is 7.05 Å². The highest BCUT2D eigenvalue weighted by Crippen LogP contribution is 2.14. The Hall–Kier alpha value is -0.790. The SMILES string of the molecule is CCCCCCCCCCCCCCCCCCCc1n(C)cc[n+]1CCCCCCCC. The minimum absolute atomic E-state index is 1.21. The van der Waals surface area contributed by atoms with E-state index in [0.29, 0.717) is 0 Å². The van der Waals surface area contributed by atoms with Crippen molar-refractivity contribution < 1.29 is 4.57 Å². The van der Waals surface area contributed by atoms with Crippen molar-refractivity contribution >= 4 is 0 Å². The molecule has 0 radical (unpaired) electrons. The van der Waals surface area contributed by atoms with E-state index in [1.165, 1.54) is 166 Å². The van der Waals surface area contributed by atoms with Crippen LogP contribution in [0.15, 0.2) is 12.4 Å². The standard InChI is InChI=1S/C31H61N2/c1-4-6-8-10-12-13-14-15-16-17-18-19-20-21-22-23-25-27-31-32(3)29-30-33(31)28-26-24-11-9-7-5-2/h29-30H,4-28H2,1-3H3/q+1. The maximum atomic E-state index is 2.52. The Labute approximate surface area is 208 Å². The molecule has 0 aromatic carbocycles. The lowest BCUT2D eigenvalue weighted by Crippen LogP contribution is -2.37. The summed E-state index contributed by atoms with van der Waals surface area (Å²) >= 11 is 0. The summed E-state index contributed by atoms with van der Waals surface area (Å²) in [5.41, 5.74) is 0. The Kier molecular flexibility index (Phi) is 21.1. The Bertz CT molecular complexity index is 519. The summed E-state index contributed by atoms with van der Waals surface area (Å²) in [6, 6.07) is 0. The van der Waals surface area contributed by atoms with E-state index in [9.17, 15) is 0 Å². The highest BCUT2D eigenvalue weighted by Gasteiger charge is 2.13. The van der Waals surface area contributed by atoms with Gasteiger partial charge in [-0.1, -0.05) is 142 Å². The first-order chi connectivity index (χ1) is 16.3.